The maximum atomic E-state index is 14.1. The lowest BCUT2D eigenvalue weighted by molar-refractivity contribution is -0.146. The molecule has 1 aliphatic heterocycles. The van der Waals surface area contributed by atoms with E-state index in [1.807, 2.05) is 0 Å². The lowest BCUT2D eigenvalue weighted by Crippen LogP contribution is -2.63. The van der Waals surface area contributed by atoms with E-state index in [0.717, 1.165) is 13.8 Å². The van der Waals surface area contributed by atoms with Gasteiger partial charge in [0, 0.05) is 18.7 Å². The molecule has 1 saturated heterocycles. The number of hydrogen-bond donors (Lipinski definition) is 18. The molecule has 0 aromatic heterocycles. The third-order valence-electron chi connectivity index (χ3n) is 13.1. The number of thiol groups is 1. The van der Waals surface area contributed by atoms with Crippen LogP contribution < -0.4 is 64.6 Å². The first kappa shape index (κ1) is 75.1. The van der Waals surface area contributed by atoms with Gasteiger partial charge in [-0.2, -0.15) is 24.4 Å². The average Bonchev–Trinajstić information content (AvgIpc) is 4.03. The zero-order chi connectivity index (χ0) is 64.3. The van der Waals surface area contributed by atoms with E-state index in [2.05, 4.69) is 65.8 Å². The molecular weight excluding hydrogens is 1150 g/mol. The van der Waals surface area contributed by atoms with E-state index in [1.54, 1.807) is 34.0 Å². The van der Waals surface area contributed by atoms with Crippen LogP contribution in [-0.2, 0) is 67.1 Å². The minimum absolute atomic E-state index is 0.0101. The Hall–Kier alpha value is -6.88. The molecule has 0 spiro atoms. The van der Waals surface area contributed by atoms with Gasteiger partial charge in [0.25, 0.3) is 0 Å². The minimum Gasteiger partial charge on any atom is -0.481 e. The van der Waals surface area contributed by atoms with Gasteiger partial charge in [-0.15, -0.1) is 0 Å². The van der Waals surface area contributed by atoms with Gasteiger partial charge in [0.05, 0.1) is 37.8 Å². The number of hydrogen-bond acceptors (Lipinski definition) is 20. The lowest BCUT2D eigenvalue weighted by Gasteiger charge is -2.31. The number of carboxylic acids is 2. The Balaban J connectivity index is 3.32. The number of nitrogens with two attached hydrogens (primary N) is 2. The quantitative estimate of drug-likeness (QED) is 0.0256. The molecule has 84 heavy (non-hydrogen) atoms. The van der Waals surface area contributed by atoms with Crippen LogP contribution in [0, 0.1) is 11.8 Å². The van der Waals surface area contributed by atoms with Gasteiger partial charge in [-0.25, -0.2) is 4.79 Å². The maximum absolute atomic E-state index is 14.1. The van der Waals surface area contributed by atoms with Gasteiger partial charge in [0.1, 0.15) is 60.4 Å². The highest BCUT2D eigenvalue weighted by Gasteiger charge is 2.42. The third kappa shape index (κ3) is 25.5. The molecular formula is C50H85N13O19S2. The largest absolute Gasteiger partial charge is 0.481 e. The van der Waals surface area contributed by atoms with Crippen LogP contribution in [-0.4, -0.2) is 229 Å². The number of nitrogens with one attached hydrogen (secondary N) is 10. The van der Waals surface area contributed by atoms with E-state index in [1.165, 1.54) is 23.6 Å². The SMILES string of the molecule is CC[C@H](C)[C@H](NC(=O)[C@@H]1CCCN1C(=O)[C@H](CCSC)NC(=O)[C@@H](NC(=O)[C@H](CCC(=O)O)NC(=O)[C@@H](NC(=O)[C@H](CO)NC(=O)[C@H](CS)NC(=O)[C@H](CC(N)=O)NC(=O)[C@H](CC(C)C)NC(=O)CNC(=O)[C@H](C)N)[C@@H](C)O)[C@@H](C)O)C(=O)O. The maximum Gasteiger partial charge on any atom is 0.326 e. The van der Waals surface area contributed by atoms with Gasteiger partial charge in [-0.1, -0.05) is 34.1 Å². The van der Waals surface area contributed by atoms with Crippen molar-refractivity contribution in [3.05, 3.63) is 0 Å². The second-order valence-corrected chi connectivity index (χ2v) is 22.0. The highest BCUT2D eigenvalue weighted by Crippen LogP contribution is 2.21. The van der Waals surface area contributed by atoms with Crippen LogP contribution in [0.4, 0.5) is 0 Å². The molecule has 1 aliphatic rings. The molecule has 14 atom stereocenters. The van der Waals surface area contributed by atoms with Crippen molar-refractivity contribution in [3.8, 4) is 0 Å². The van der Waals surface area contributed by atoms with E-state index in [0.29, 0.717) is 18.6 Å². The van der Waals surface area contributed by atoms with Crippen molar-refractivity contribution < 1.29 is 92.7 Å². The zero-order valence-electron chi connectivity index (χ0n) is 48.3. The number of nitrogens with zero attached hydrogens (tertiary/aromatic N) is 1. The van der Waals surface area contributed by atoms with Gasteiger partial charge in [0.15, 0.2) is 0 Å². The zero-order valence-corrected chi connectivity index (χ0v) is 50.0. The monoisotopic (exact) mass is 1240 g/mol. The Labute approximate surface area is 495 Å². The molecule has 0 bridgehead atoms. The number of aliphatic hydroxyl groups is 3. The highest BCUT2D eigenvalue weighted by molar-refractivity contribution is 7.98. The number of aliphatic carboxylic acids is 2. The highest BCUT2D eigenvalue weighted by atomic mass is 32.2. The van der Waals surface area contributed by atoms with Gasteiger partial charge in [0.2, 0.25) is 70.9 Å². The van der Waals surface area contributed by atoms with E-state index in [-0.39, 0.29) is 31.7 Å². The van der Waals surface area contributed by atoms with Crippen molar-refractivity contribution >= 4 is 107 Å². The predicted octanol–water partition coefficient (Wildman–Crippen LogP) is -6.84. The number of carboxylic acid groups (broad SMARTS) is 2. The van der Waals surface area contributed by atoms with Gasteiger partial charge < -0.3 is 95.1 Å². The molecule has 0 saturated carbocycles. The third-order valence-corrected chi connectivity index (χ3v) is 14.1. The van der Waals surface area contributed by atoms with Crippen LogP contribution in [0.5, 0.6) is 0 Å². The minimum atomic E-state index is -2.03. The Kier molecular flexibility index (Phi) is 33.5. The summed E-state index contributed by atoms with van der Waals surface area (Å²) in [6.45, 7) is 8.63. The molecule has 1 heterocycles. The van der Waals surface area contributed by atoms with Crippen LogP contribution in [0.1, 0.15) is 99.8 Å². The molecule has 0 aromatic rings. The van der Waals surface area contributed by atoms with Crippen molar-refractivity contribution in [2.45, 2.75) is 179 Å². The van der Waals surface area contributed by atoms with Crippen molar-refractivity contribution in [2.75, 3.05) is 37.5 Å². The summed E-state index contributed by atoms with van der Waals surface area (Å²) in [5.74, 6) is -16.0. The molecule has 0 aliphatic carbocycles. The fourth-order valence-corrected chi connectivity index (χ4v) is 8.93. The second kappa shape index (κ2) is 37.4. The first-order chi connectivity index (χ1) is 39.2. The summed E-state index contributed by atoms with van der Waals surface area (Å²) in [6.07, 6.45) is -3.15. The number of carbonyl (C=O) groups is 14. The van der Waals surface area contributed by atoms with Crippen molar-refractivity contribution in [2.24, 2.45) is 23.3 Å². The van der Waals surface area contributed by atoms with E-state index in [4.69, 9.17) is 11.5 Å². The Bertz CT molecular complexity index is 2330. The number of thioether (sulfide) groups is 1. The van der Waals surface area contributed by atoms with E-state index in [9.17, 15) is 92.7 Å². The second-order valence-electron chi connectivity index (χ2n) is 20.7. The summed E-state index contributed by atoms with van der Waals surface area (Å²) in [4.78, 5) is 185. The summed E-state index contributed by atoms with van der Waals surface area (Å²) in [7, 11) is 0. The Morgan fingerprint density at radius 3 is 1.61 bits per heavy atom. The van der Waals surface area contributed by atoms with Crippen LogP contribution >= 0.6 is 24.4 Å². The van der Waals surface area contributed by atoms with E-state index < -0.39 is 206 Å². The standard InChI is InChI=1S/C50H85N13O19S2/c1-9-23(4)37(50(81)82)60-46(77)33-11-10-15-63(33)49(80)28(14-16-84-8)56-48(79)39(26(7)66)61-41(72)27(12-13-36(69)70)55-47(78)38(25(6)65)62-44(75)31(20-64)58-45(76)32(21-83)59-43(74)30(18-34(52)67)57-42(73)29(17-22(2)3)54-35(68)19-53-40(71)24(5)51/h22-33,37-39,64-66,83H,9-21,51H2,1-8H3,(H2,52,67)(H,53,71)(H,54,68)(H,55,78)(H,56,79)(H,57,73)(H,58,76)(H,59,74)(H,60,77)(H,61,72)(H,62,75)(H,69,70)(H,81,82)/t23-,24-,25+,26+,27-,28-,29-,30-,31-,32-,33-,37-,38-,39-/m0/s1. The molecule has 19 N–H and O–H groups in total. The number of amides is 12. The van der Waals surface area contributed by atoms with Crippen LogP contribution in [0.2, 0.25) is 0 Å². The predicted molar refractivity (Wildman–Crippen MR) is 303 cm³/mol. The summed E-state index contributed by atoms with van der Waals surface area (Å²) in [5.41, 5.74) is 10.8. The summed E-state index contributed by atoms with van der Waals surface area (Å²) in [6, 6.07) is -17.1. The first-order valence-electron chi connectivity index (χ1n) is 27.1. The normalized spacial score (nSPS) is 17.6. The Morgan fingerprint density at radius 2 is 1.13 bits per heavy atom. The van der Waals surface area contributed by atoms with Crippen molar-refractivity contribution in [3.63, 3.8) is 0 Å². The topological polar surface area (TPSA) is 516 Å². The molecule has 32 nitrogen and oxygen atoms in total. The number of rotatable bonds is 38. The molecule has 0 radical (unpaired) electrons. The molecule has 34 heteroatoms. The average molecular weight is 1240 g/mol. The van der Waals surface area contributed by atoms with Gasteiger partial charge in [-0.05, 0) is 76.7 Å². The Morgan fingerprint density at radius 1 is 0.631 bits per heavy atom. The van der Waals surface area contributed by atoms with Crippen LogP contribution in [0.25, 0.3) is 0 Å². The molecule has 12 amide bonds. The summed E-state index contributed by atoms with van der Waals surface area (Å²) in [5, 5.41) is 73.8. The fourth-order valence-electron chi connectivity index (χ4n) is 8.20. The van der Waals surface area contributed by atoms with Crippen molar-refractivity contribution in [1.29, 1.82) is 0 Å². The fraction of sp³-hybridized carbons (Fsp3) is 0.720. The number of carbonyl (C=O) groups excluding carboxylic acids is 12. The number of likely N-dealkylation sites (tertiary alicyclic amines) is 1. The van der Waals surface area contributed by atoms with E-state index >= 15 is 0 Å². The van der Waals surface area contributed by atoms with Crippen LogP contribution in [0.15, 0.2) is 0 Å². The summed E-state index contributed by atoms with van der Waals surface area (Å²) >= 11 is 5.37. The molecule has 476 valence electrons. The molecule has 1 rings (SSSR count). The smallest absolute Gasteiger partial charge is 0.326 e. The number of primary amides is 1. The number of aliphatic hydroxyl groups excluding tert-OH is 3. The lowest BCUT2D eigenvalue weighted by atomic mass is 9.98. The summed E-state index contributed by atoms with van der Waals surface area (Å²) < 4.78 is 0. The molecule has 0 aromatic carbocycles. The van der Waals surface area contributed by atoms with Gasteiger partial charge in [-0.3, -0.25) is 62.3 Å². The van der Waals surface area contributed by atoms with Crippen molar-refractivity contribution in [1.82, 2.24) is 58.1 Å². The molecule has 0 unspecified atom stereocenters. The van der Waals surface area contributed by atoms with Crippen LogP contribution in [0.3, 0.4) is 0 Å². The first-order valence-corrected chi connectivity index (χ1v) is 29.1. The van der Waals surface area contributed by atoms with Gasteiger partial charge >= 0.3 is 11.9 Å². The molecule has 1 fully saturated rings.